The predicted octanol–water partition coefficient (Wildman–Crippen LogP) is 5.57. The molecule has 0 aliphatic heterocycles. The van der Waals surface area contributed by atoms with Crippen molar-refractivity contribution in [1.82, 2.24) is 0 Å². The Bertz CT molecular complexity index is 420. The first-order chi connectivity index (χ1) is 6.61. The lowest BCUT2D eigenvalue weighted by atomic mass is 10.1. The summed E-state index contributed by atoms with van der Waals surface area (Å²) in [6.07, 6.45) is 0. The van der Waals surface area contributed by atoms with Gasteiger partial charge in [0, 0.05) is 26.9 Å². The minimum absolute atomic E-state index is 1.15. The van der Waals surface area contributed by atoms with E-state index in [1.54, 1.807) is 0 Å². The van der Waals surface area contributed by atoms with Gasteiger partial charge in [0.1, 0.15) is 0 Å². The van der Waals surface area contributed by atoms with Crippen LogP contribution in [-0.4, -0.2) is 0 Å². The number of hydrogen-bond acceptors (Lipinski definition) is 0. The fraction of sp³-hybridized carbons (Fsp3) is 0. The number of rotatable bonds is 0. The van der Waals surface area contributed by atoms with Crippen LogP contribution in [0, 0.1) is 7.14 Å². The molecular formula is C10H4Br2I2. The molecule has 72 valence electrons. The van der Waals surface area contributed by atoms with Crippen molar-refractivity contribution in [1.29, 1.82) is 0 Å². The second-order valence-corrected chi connectivity index (χ2v) is 6.84. The summed E-state index contributed by atoms with van der Waals surface area (Å²) in [5.74, 6) is 0. The molecule has 14 heavy (non-hydrogen) atoms. The highest BCUT2D eigenvalue weighted by molar-refractivity contribution is 14.1. The van der Waals surface area contributed by atoms with Crippen LogP contribution in [0.4, 0.5) is 0 Å². The quantitative estimate of drug-likeness (QED) is 0.385. The van der Waals surface area contributed by atoms with Gasteiger partial charge in [0.25, 0.3) is 0 Å². The summed E-state index contributed by atoms with van der Waals surface area (Å²) in [5.41, 5.74) is 0. The average Bonchev–Trinajstić information content (AvgIpc) is 2.16. The Labute approximate surface area is 126 Å². The number of hydrogen-bond donors (Lipinski definition) is 0. The molecule has 0 bridgehead atoms. The molecule has 2 rings (SSSR count). The Balaban J connectivity index is 3.05. The molecule has 0 spiro atoms. The van der Waals surface area contributed by atoms with Crippen LogP contribution in [0.1, 0.15) is 0 Å². The van der Waals surface area contributed by atoms with E-state index in [1.807, 2.05) is 0 Å². The lowest BCUT2D eigenvalue weighted by Crippen LogP contribution is -1.84. The summed E-state index contributed by atoms with van der Waals surface area (Å²) in [5, 5.41) is 2.57. The third-order valence-corrected chi connectivity index (χ3v) is 5.08. The van der Waals surface area contributed by atoms with Gasteiger partial charge in [0.2, 0.25) is 0 Å². The zero-order valence-corrected chi connectivity index (χ0v) is 14.3. The van der Waals surface area contributed by atoms with Crippen molar-refractivity contribution in [2.45, 2.75) is 0 Å². The van der Waals surface area contributed by atoms with Crippen molar-refractivity contribution in [3.8, 4) is 0 Å². The van der Waals surface area contributed by atoms with Gasteiger partial charge in [-0.3, -0.25) is 0 Å². The lowest BCUT2D eigenvalue weighted by molar-refractivity contribution is 1.61. The Morgan fingerprint density at radius 3 is 1.43 bits per heavy atom. The molecule has 0 aromatic heterocycles. The molecule has 0 radical (unpaired) electrons. The van der Waals surface area contributed by atoms with E-state index in [4.69, 9.17) is 0 Å². The summed E-state index contributed by atoms with van der Waals surface area (Å²) in [7, 11) is 0. The first-order valence-electron chi connectivity index (χ1n) is 3.83. The van der Waals surface area contributed by atoms with Gasteiger partial charge in [-0.25, -0.2) is 0 Å². The van der Waals surface area contributed by atoms with E-state index >= 15 is 0 Å². The average molecular weight is 538 g/mol. The smallest absolute Gasteiger partial charge is 0.0265 e. The minimum Gasteiger partial charge on any atom is -0.0501 e. The summed E-state index contributed by atoms with van der Waals surface area (Å²) in [6.45, 7) is 0. The van der Waals surface area contributed by atoms with Gasteiger partial charge in [0.15, 0.2) is 0 Å². The van der Waals surface area contributed by atoms with Crippen LogP contribution >= 0.6 is 77.0 Å². The molecule has 0 saturated carbocycles. The number of benzene rings is 2. The monoisotopic (exact) mass is 536 g/mol. The predicted molar refractivity (Wildman–Crippen MR) is 84.8 cm³/mol. The molecule has 0 unspecified atom stereocenters. The van der Waals surface area contributed by atoms with E-state index in [0.717, 1.165) is 8.95 Å². The molecule has 2 aromatic carbocycles. The molecule has 0 aliphatic rings. The van der Waals surface area contributed by atoms with Crippen molar-refractivity contribution < 1.29 is 0 Å². The third kappa shape index (κ3) is 1.99. The van der Waals surface area contributed by atoms with Crippen molar-refractivity contribution in [2.24, 2.45) is 0 Å². The van der Waals surface area contributed by atoms with Gasteiger partial charge in [-0.15, -0.1) is 0 Å². The van der Waals surface area contributed by atoms with Crippen molar-refractivity contribution >= 4 is 87.8 Å². The molecular weight excluding hydrogens is 534 g/mol. The molecule has 0 saturated heterocycles. The normalized spacial score (nSPS) is 10.9. The Hall–Kier alpha value is 1.12. The molecule has 0 aliphatic carbocycles. The summed E-state index contributed by atoms with van der Waals surface area (Å²) < 4.78 is 4.84. The highest BCUT2D eigenvalue weighted by atomic mass is 127. The Morgan fingerprint density at radius 1 is 0.714 bits per heavy atom. The van der Waals surface area contributed by atoms with Crippen molar-refractivity contribution in [3.05, 3.63) is 40.4 Å². The highest BCUT2D eigenvalue weighted by Gasteiger charge is 2.08. The van der Waals surface area contributed by atoms with Crippen molar-refractivity contribution in [2.75, 3.05) is 0 Å². The number of halogens is 4. The lowest BCUT2D eigenvalue weighted by Gasteiger charge is -2.07. The van der Waals surface area contributed by atoms with E-state index in [1.165, 1.54) is 17.9 Å². The molecule has 0 atom stereocenters. The molecule has 0 N–H and O–H groups in total. The zero-order chi connectivity index (χ0) is 10.3. The maximum atomic E-state index is 3.59. The van der Waals surface area contributed by atoms with Crippen molar-refractivity contribution in [3.63, 3.8) is 0 Å². The van der Waals surface area contributed by atoms with Crippen LogP contribution in [0.15, 0.2) is 33.2 Å². The zero-order valence-electron chi connectivity index (χ0n) is 6.82. The summed E-state index contributed by atoms with van der Waals surface area (Å²) in [4.78, 5) is 0. The van der Waals surface area contributed by atoms with Gasteiger partial charge in [-0.05, 0) is 69.4 Å². The van der Waals surface area contributed by atoms with Crippen LogP contribution in [-0.2, 0) is 0 Å². The summed E-state index contributed by atoms with van der Waals surface area (Å²) >= 11 is 11.9. The topological polar surface area (TPSA) is 0 Å². The van der Waals surface area contributed by atoms with Gasteiger partial charge >= 0.3 is 0 Å². The fourth-order valence-corrected chi connectivity index (χ4v) is 4.64. The fourth-order valence-electron chi connectivity index (χ4n) is 1.33. The van der Waals surface area contributed by atoms with Crippen LogP contribution < -0.4 is 0 Å². The first-order valence-corrected chi connectivity index (χ1v) is 7.57. The summed E-state index contributed by atoms with van der Waals surface area (Å²) in [6, 6.07) is 8.43. The van der Waals surface area contributed by atoms with E-state index in [9.17, 15) is 0 Å². The van der Waals surface area contributed by atoms with Crippen LogP contribution in [0.5, 0.6) is 0 Å². The second kappa shape index (κ2) is 4.55. The number of fused-ring (bicyclic) bond motifs is 1. The molecule has 2 aromatic rings. The highest BCUT2D eigenvalue weighted by Crippen LogP contribution is 2.36. The molecule has 4 heteroatoms. The van der Waals surface area contributed by atoms with Gasteiger partial charge in [-0.1, -0.05) is 31.9 Å². The molecule has 0 amide bonds. The van der Waals surface area contributed by atoms with E-state index < -0.39 is 0 Å². The maximum Gasteiger partial charge on any atom is 0.0265 e. The van der Waals surface area contributed by atoms with E-state index in [-0.39, 0.29) is 0 Å². The Morgan fingerprint density at radius 2 is 1.07 bits per heavy atom. The molecule has 0 heterocycles. The SMILES string of the molecule is Brc1ccc(I)c2c(Br)ccc(I)c12. The van der Waals surface area contributed by atoms with Gasteiger partial charge < -0.3 is 0 Å². The van der Waals surface area contributed by atoms with Crippen LogP contribution in [0.25, 0.3) is 10.8 Å². The van der Waals surface area contributed by atoms with Crippen LogP contribution in [0.3, 0.4) is 0 Å². The molecule has 0 nitrogen and oxygen atoms in total. The Kier molecular flexibility index (Phi) is 3.77. The maximum absolute atomic E-state index is 3.59. The molecule has 0 fully saturated rings. The third-order valence-electron chi connectivity index (χ3n) is 1.96. The minimum atomic E-state index is 1.15. The largest absolute Gasteiger partial charge is 0.0501 e. The van der Waals surface area contributed by atoms with E-state index in [2.05, 4.69) is 101 Å². The van der Waals surface area contributed by atoms with Gasteiger partial charge in [0.05, 0.1) is 0 Å². The van der Waals surface area contributed by atoms with Crippen LogP contribution in [0.2, 0.25) is 0 Å². The first kappa shape index (κ1) is 11.6. The standard InChI is InChI=1S/C10H4Br2I2/c11-5-1-3-7(13)10-6(12)2-4-8(14)9(5)10/h1-4H. The van der Waals surface area contributed by atoms with Gasteiger partial charge in [-0.2, -0.15) is 0 Å². The second-order valence-electron chi connectivity index (χ2n) is 2.81. The van der Waals surface area contributed by atoms with E-state index in [0.29, 0.717) is 0 Å².